The normalized spacial score (nSPS) is 13.7. The Morgan fingerprint density at radius 1 is 1.19 bits per heavy atom. The first-order valence-electron chi connectivity index (χ1n) is 7.30. The molecule has 0 unspecified atom stereocenters. The average Bonchev–Trinajstić information content (AvgIpc) is 3.37. The lowest BCUT2D eigenvalue weighted by Gasteiger charge is -2.23. The molecule has 0 radical (unpaired) electrons. The van der Waals surface area contributed by atoms with Crippen LogP contribution in [0.25, 0.3) is 0 Å². The molecule has 4 heteroatoms. The van der Waals surface area contributed by atoms with Crippen LogP contribution in [0.5, 0.6) is 0 Å². The van der Waals surface area contributed by atoms with Gasteiger partial charge in [-0.3, -0.25) is 9.78 Å². The minimum absolute atomic E-state index is 0.144. The van der Waals surface area contributed by atoms with Crippen molar-refractivity contribution in [2.45, 2.75) is 25.4 Å². The summed E-state index contributed by atoms with van der Waals surface area (Å²) < 4.78 is 0. The van der Waals surface area contributed by atoms with E-state index in [9.17, 15) is 4.79 Å². The fourth-order valence-electron chi connectivity index (χ4n) is 2.33. The fraction of sp³-hybridized carbons (Fsp3) is 0.294. The highest BCUT2D eigenvalue weighted by atomic mass is 16.2. The Bertz CT molecular complexity index is 581. The first kappa shape index (κ1) is 13.6. The number of pyridine rings is 1. The Labute approximate surface area is 124 Å². The monoisotopic (exact) mass is 281 g/mol. The van der Waals surface area contributed by atoms with Gasteiger partial charge in [-0.2, -0.15) is 0 Å². The molecule has 1 heterocycles. The van der Waals surface area contributed by atoms with Gasteiger partial charge in [-0.05, 0) is 36.6 Å². The number of hydrogen-bond acceptors (Lipinski definition) is 3. The van der Waals surface area contributed by atoms with Gasteiger partial charge in [-0.1, -0.05) is 24.3 Å². The van der Waals surface area contributed by atoms with Crippen molar-refractivity contribution >= 4 is 11.6 Å². The number of rotatable bonds is 6. The first-order valence-corrected chi connectivity index (χ1v) is 7.30. The van der Waals surface area contributed by atoms with Crippen LogP contribution in [0.4, 0.5) is 5.69 Å². The van der Waals surface area contributed by atoms with E-state index in [4.69, 9.17) is 0 Å². The quantitative estimate of drug-likeness (QED) is 0.885. The number of nitrogens with zero attached hydrogens (tertiary/aromatic N) is 2. The molecule has 1 aliphatic carbocycles. The zero-order valence-corrected chi connectivity index (χ0v) is 11.9. The van der Waals surface area contributed by atoms with Crippen molar-refractivity contribution in [3.05, 3.63) is 60.4 Å². The summed E-state index contributed by atoms with van der Waals surface area (Å²) in [5.41, 5.74) is 2.06. The summed E-state index contributed by atoms with van der Waals surface area (Å²) in [4.78, 5) is 18.5. The number of hydrogen-bond donors (Lipinski definition) is 1. The molecule has 0 atom stereocenters. The molecule has 0 spiro atoms. The topological polar surface area (TPSA) is 45.2 Å². The molecule has 0 saturated heterocycles. The largest absolute Gasteiger partial charge is 0.376 e. The molecule has 2 aromatic rings. The highest BCUT2D eigenvalue weighted by Crippen LogP contribution is 2.28. The molecule has 1 amide bonds. The van der Waals surface area contributed by atoms with Crippen molar-refractivity contribution in [2.75, 3.05) is 11.9 Å². The van der Waals surface area contributed by atoms with Gasteiger partial charge in [-0.25, -0.2) is 0 Å². The second kappa shape index (κ2) is 6.39. The summed E-state index contributed by atoms with van der Waals surface area (Å²) >= 11 is 0. The molecule has 21 heavy (non-hydrogen) atoms. The fourth-order valence-corrected chi connectivity index (χ4v) is 2.33. The molecular weight excluding hydrogens is 262 g/mol. The van der Waals surface area contributed by atoms with Crippen LogP contribution in [-0.2, 0) is 11.3 Å². The molecule has 0 aliphatic heterocycles. The maximum Gasteiger partial charge on any atom is 0.242 e. The SMILES string of the molecule is O=C(CNc1ccccc1)N(Cc1cccnc1)C1CC1. The summed E-state index contributed by atoms with van der Waals surface area (Å²) in [5, 5.41) is 3.19. The number of carbonyl (C=O) groups is 1. The van der Waals surface area contributed by atoms with Gasteiger partial charge < -0.3 is 10.2 Å². The molecule has 1 saturated carbocycles. The van der Waals surface area contributed by atoms with Crippen molar-refractivity contribution in [1.29, 1.82) is 0 Å². The predicted molar refractivity (Wildman–Crippen MR) is 82.7 cm³/mol. The summed E-state index contributed by atoms with van der Waals surface area (Å²) in [5.74, 6) is 0.144. The molecule has 1 N–H and O–H groups in total. The third-order valence-corrected chi connectivity index (χ3v) is 3.60. The summed E-state index contributed by atoms with van der Waals surface area (Å²) in [7, 11) is 0. The minimum Gasteiger partial charge on any atom is -0.376 e. The van der Waals surface area contributed by atoms with Crippen LogP contribution in [0.1, 0.15) is 18.4 Å². The van der Waals surface area contributed by atoms with Gasteiger partial charge in [0.1, 0.15) is 0 Å². The maximum absolute atomic E-state index is 12.4. The van der Waals surface area contributed by atoms with E-state index in [1.807, 2.05) is 53.6 Å². The van der Waals surface area contributed by atoms with Crippen molar-refractivity contribution in [3.8, 4) is 0 Å². The zero-order chi connectivity index (χ0) is 14.5. The summed E-state index contributed by atoms with van der Waals surface area (Å²) in [6.45, 7) is 0.981. The standard InChI is InChI=1S/C17H19N3O/c21-17(12-19-15-6-2-1-3-7-15)20(16-8-9-16)13-14-5-4-10-18-11-14/h1-7,10-11,16,19H,8-9,12-13H2. The Kier molecular flexibility index (Phi) is 4.15. The van der Waals surface area contributed by atoms with E-state index >= 15 is 0 Å². The Hall–Kier alpha value is -2.36. The van der Waals surface area contributed by atoms with Gasteiger partial charge in [0.05, 0.1) is 6.54 Å². The minimum atomic E-state index is 0.144. The van der Waals surface area contributed by atoms with Crippen molar-refractivity contribution in [3.63, 3.8) is 0 Å². The molecule has 1 fully saturated rings. The predicted octanol–water partition coefficient (Wildman–Crippen LogP) is 2.68. The highest BCUT2D eigenvalue weighted by molar-refractivity contribution is 5.81. The zero-order valence-electron chi connectivity index (χ0n) is 11.9. The van der Waals surface area contributed by atoms with Crippen molar-refractivity contribution in [1.82, 2.24) is 9.88 Å². The Balaban J connectivity index is 1.60. The highest BCUT2D eigenvalue weighted by Gasteiger charge is 2.32. The number of aromatic nitrogens is 1. The summed E-state index contributed by atoms with van der Waals surface area (Å²) in [6, 6.07) is 14.1. The number of anilines is 1. The van der Waals surface area contributed by atoms with Gasteiger partial charge in [0.25, 0.3) is 0 Å². The molecule has 1 aromatic carbocycles. The maximum atomic E-state index is 12.4. The van der Waals surface area contributed by atoms with Crippen LogP contribution in [-0.4, -0.2) is 28.4 Å². The first-order chi connectivity index (χ1) is 10.3. The van der Waals surface area contributed by atoms with Crippen LogP contribution >= 0.6 is 0 Å². The third kappa shape index (κ3) is 3.81. The smallest absolute Gasteiger partial charge is 0.242 e. The van der Waals surface area contributed by atoms with Crippen molar-refractivity contribution < 1.29 is 4.79 Å². The molecule has 3 rings (SSSR count). The van der Waals surface area contributed by atoms with E-state index in [1.165, 1.54) is 0 Å². The lowest BCUT2D eigenvalue weighted by molar-refractivity contribution is -0.130. The van der Waals surface area contributed by atoms with E-state index in [1.54, 1.807) is 6.20 Å². The number of para-hydroxylation sites is 1. The third-order valence-electron chi connectivity index (χ3n) is 3.60. The van der Waals surface area contributed by atoms with E-state index in [0.717, 1.165) is 24.1 Å². The van der Waals surface area contributed by atoms with E-state index in [2.05, 4.69) is 10.3 Å². The molecule has 4 nitrogen and oxygen atoms in total. The van der Waals surface area contributed by atoms with Crippen LogP contribution in [0, 0.1) is 0 Å². The van der Waals surface area contributed by atoms with Crippen LogP contribution < -0.4 is 5.32 Å². The average molecular weight is 281 g/mol. The molecule has 0 bridgehead atoms. The lowest BCUT2D eigenvalue weighted by Crippen LogP contribution is -2.36. The van der Waals surface area contributed by atoms with E-state index in [-0.39, 0.29) is 5.91 Å². The van der Waals surface area contributed by atoms with Gasteiger partial charge in [-0.15, -0.1) is 0 Å². The number of nitrogens with one attached hydrogen (secondary N) is 1. The van der Waals surface area contributed by atoms with Crippen LogP contribution in [0.15, 0.2) is 54.9 Å². The molecule has 1 aromatic heterocycles. The number of carbonyl (C=O) groups excluding carboxylic acids is 1. The molecule has 108 valence electrons. The lowest BCUT2D eigenvalue weighted by atomic mass is 10.2. The van der Waals surface area contributed by atoms with E-state index < -0.39 is 0 Å². The Morgan fingerprint density at radius 2 is 2.00 bits per heavy atom. The van der Waals surface area contributed by atoms with Crippen LogP contribution in [0.3, 0.4) is 0 Å². The van der Waals surface area contributed by atoms with Crippen LogP contribution in [0.2, 0.25) is 0 Å². The molecule has 1 aliphatic rings. The van der Waals surface area contributed by atoms with Gasteiger partial charge in [0, 0.05) is 30.7 Å². The Morgan fingerprint density at radius 3 is 2.67 bits per heavy atom. The van der Waals surface area contributed by atoms with Crippen molar-refractivity contribution in [2.24, 2.45) is 0 Å². The van der Waals surface area contributed by atoms with E-state index in [0.29, 0.717) is 19.1 Å². The second-order valence-electron chi connectivity index (χ2n) is 5.33. The number of benzene rings is 1. The number of amides is 1. The second-order valence-corrected chi connectivity index (χ2v) is 5.33. The van der Waals surface area contributed by atoms with Gasteiger partial charge >= 0.3 is 0 Å². The van der Waals surface area contributed by atoms with Gasteiger partial charge in [0.15, 0.2) is 0 Å². The summed E-state index contributed by atoms with van der Waals surface area (Å²) in [6.07, 6.45) is 5.80. The molecular formula is C17H19N3O. The van der Waals surface area contributed by atoms with Gasteiger partial charge in [0.2, 0.25) is 5.91 Å².